The van der Waals surface area contributed by atoms with Gasteiger partial charge in [-0.05, 0) is 64.1 Å². The molecule has 0 fully saturated rings. The number of rotatable bonds is 4. The van der Waals surface area contributed by atoms with Crippen molar-refractivity contribution >= 4 is 11.8 Å². The maximum absolute atomic E-state index is 4.49. The summed E-state index contributed by atoms with van der Waals surface area (Å²) in [5.41, 5.74) is 3.40. The summed E-state index contributed by atoms with van der Waals surface area (Å²) in [6.45, 7) is 11.3. The van der Waals surface area contributed by atoms with Crippen LogP contribution in [0, 0.1) is 13.8 Å². The van der Waals surface area contributed by atoms with Crippen molar-refractivity contribution in [2.75, 3.05) is 0 Å². The SMILES string of the molecule is Cc1cc(C)nc(Sc2ncc(CNC(C)(C)C)cn2)c1. The summed E-state index contributed by atoms with van der Waals surface area (Å²) in [6, 6.07) is 4.11. The fourth-order valence-electron chi connectivity index (χ4n) is 1.80. The summed E-state index contributed by atoms with van der Waals surface area (Å²) in [6.07, 6.45) is 3.74. The van der Waals surface area contributed by atoms with Crippen molar-refractivity contribution < 1.29 is 0 Å². The lowest BCUT2D eigenvalue weighted by Gasteiger charge is -2.20. The highest BCUT2D eigenvalue weighted by Gasteiger charge is 2.09. The molecular formula is C16H22N4S. The molecular weight excluding hydrogens is 280 g/mol. The predicted molar refractivity (Wildman–Crippen MR) is 86.5 cm³/mol. The molecule has 0 spiro atoms. The molecule has 112 valence electrons. The molecule has 0 aliphatic rings. The number of hydrogen-bond acceptors (Lipinski definition) is 5. The van der Waals surface area contributed by atoms with Crippen LogP contribution in [-0.4, -0.2) is 20.5 Å². The van der Waals surface area contributed by atoms with E-state index in [1.807, 2.05) is 19.3 Å². The maximum atomic E-state index is 4.49. The molecule has 0 amide bonds. The molecule has 2 aromatic heterocycles. The van der Waals surface area contributed by atoms with Gasteiger partial charge in [0.2, 0.25) is 0 Å². The average Bonchev–Trinajstić information content (AvgIpc) is 2.36. The molecule has 0 bridgehead atoms. The number of aryl methyl sites for hydroxylation is 2. The molecule has 0 saturated carbocycles. The molecule has 0 aliphatic carbocycles. The van der Waals surface area contributed by atoms with Crippen LogP contribution < -0.4 is 5.32 Å². The summed E-state index contributed by atoms with van der Waals surface area (Å²) >= 11 is 1.49. The van der Waals surface area contributed by atoms with Crippen LogP contribution >= 0.6 is 11.8 Å². The van der Waals surface area contributed by atoms with Crippen LogP contribution in [-0.2, 0) is 6.54 Å². The molecule has 0 atom stereocenters. The molecule has 0 aliphatic heterocycles. The van der Waals surface area contributed by atoms with E-state index in [1.54, 1.807) is 0 Å². The van der Waals surface area contributed by atoms with E-state index in [0.717, 1.165) is 28.0 Å². The van der Waals surface area contributed by atoms with Crippen LogP contribution in [0.2, 0.25) is 0 Å². The van der Waals surface area contributed by atoms with Crippen molar-refractivity contribution in [3.63, 3.8) is 0 Å². The van der Waals surface area contributed by atoms with Crippen LogP contribution in [0.4, 0.5) is 0 Å². The van der Waals surface area contributed by atoms with E-state index in [1.165, 1.54) is 17.3 Å². The third-order valence-electron chi connectivity index (χ3n) is 2.77. The third-order valence-corrected chi connectivity index (χ3v) is 3.59. The van der Waals surface area contributed by atoms with Crippen molar-refractivity contribution in [2.45, 2.75) is 56.9 Å². The Morgan fingerprint density at radius 3 is 2.33 bits per heavy atom. The minimum absolute atomic E-state index is 0.0937. The molecule has 0 aromatic carbocycles. The summed E-state index contributed by atoms with van der Waals surface area (Å²) in [4.78, 5) is 13.3. The van der Waals surface area contributed by atoms with E-state index in [4.69, 9.17) is 0 Å². The van der Waals surface area contributed by atoms with E-state index in [0.29, 0.717) is 0 Å². The Kier molecular flexibility index (Phi) is 4.96. The summed E-state index contributed by atoms with van der Waals surface area (Å²) < 4.78 is 0. The third kappa shape index (κ3) is 5.44. The highest BCUT2D eigenvalue weighted by molar-refractivity contribution is 7.99. The Labute approximate surface area is 130 Å². The zero-order valence-corrected chi connectivity index (χ0v) is 14.1. The van der Waals surface area contributed by atoms with Crippen LogP contribution in [0.15, 0.2) is 34.7 Å². The molecule has 2 heterocycles. The van der Waals surface area contributed by atoms with Gasteiger partial charge < -0.3 is 5.32 Å². The van der Waals surface area contributed by atoms with E-state index >= 15 is 0 Å². The van der Waals surface area contributed by atoms with Gasteiger partial charge in [0.25, 0.3) is 0 Å². The highest BCUT2D eigenvalue weighted by Crippen LogP contribution is 2.23. The summed E-state index contributed by atoms with van der Waals surface area (Å²) in [5, 5.41) is 5.09. The number of aromatic nitrogens is 3. The largest absolute Gasteiger partial charge is 0.308 e. The van der Waals surface area contributed by atoms with Gasteiger partial charge in [-0.25, -0.2) is 15.0 Å². The van der Waals surface area contributed by atoms with Gasteiger partial charge in [0.05, 0.1) is 0 Å². The fraction of sp³-hybridized carbons (Fsp3) is 0.438. The number of nitrogens with one attached hydrogen (secondary N) is 1. The van der Waals surface area contributed by atoms with Crippen molar-refractivity contribution in [3.05, 3.63) is 41.3 Å². The van der Waals surface area contributed by atoms with Crippen molar-refractivity contribution in [1.29, 1.82) is 0 Å². The highest BCUT2D eigenvalue weighted by atomic mass is 32.2. The zero-order chi connectivity index (χ0) is 15.5. The normalized spacial score (nSPS) is 11.7. The first-order valence-corrected chi connectivity index (χ1v) is 7.82. The average molecular weight is 302 g/mol. The van der Waals surface area contributed by atoms with Crippen LogP contribution in [0.3, 0.4) is 0 Å². The Bertz CT molecular complexity index is 582. The topological polar surface area (TPSA) is 50.7 Å². The van der Waals surface area contributed by atoms with Gasteiger partial charge in [0, 0.05) is 35.7 Å². The molecule has 0 radical (unpaired) electrons. The number of pyridine rings is 1. The van der Waals surface area contributed by atoms with Gasteiger partial charge in [-0.3, -0.25) is 0 Å². The van der Waals surface area contributed by atoms with E-state index in [2.05, 4.69) is 60.1 Å². The van der Waals surface area contributed by atoms with Gasteiger partial charge in [-0.2, -0.15) is 0 Å². The molecule has 2 aromatic rings. The molecule has 21 heavy (non-hydrogen) atoms. The van der Waals surface area contributed by atoms with Crippen molar-refractivity contribution in [2.24, 2.45) is 0 Å². The smallest absolute Gasteiger partial charge is 0.193 e. The Balaban J connectivity index is 2.02. The quantitative estimate of drug-likeness (QED) is 0.876. The van der Waals surface area contributed by atoms with E-state index in [9.17, 15) is 0 Å². The second-order valence-electron chi connectivity index (χ2n) is 6.20. The fourth-order valence-corrected chi connectivity index (χ4v) is 2.64. The number of hydrogen-bond donors (Lipinski definition) is 1. The molecule has 5 heteroatoms. The standard InChI is InChI=1S/C16H22N4S/c1-11-6-12(2)20-14(7-11)21-15-17-8-13(9-18-15)10-19-16(3,4)5/h6-9,19H,10H2,1-5H3. The first-order chi connectivity index (χ1) is 9.82. The van der Waals surface area contributed by atoms with Crippen LogP contribution in [0.5, 0.6) is 0 Å². The van der Waals surface area contributed by atoms with Crippen molar-refractivity contribution in [1.82, 2.24) is 20.3 Å². The van der Waals surface area contributed by atoms with Gasteiger partial charge in [0.1, 0.15) is 5.03 Å². The predicted octanol–water partition coefficient (Wildman–Crippen LogP) is 3.53. The summed E-state index contributed by atoms with van der Waals surface area (Å²) in [7, 11) is 0. The van der Waals surface area contributed by atoms with Gasteiger partial charge in [-0.1, -0.05) is 0 Å². The lowest BCUT2D eigenvalue weighted by atomic mass is 10.1. The summed E-state index contributed by atoms with van der Waals surface area (Å²) in [5.74, 6) is 0. The van der Waals surface area contributed by atoms with Gasteiger partial charge in [-0.15, -0.1) is 0 Å². The second-order valence-corrected chi connectivity index (χ2v) is 7.19. The maximum Gasteiger partial charge on any atom is 0.193 e. The molecule has 4 nitrogen and oxygen atoms in total. The number of nitrogens with zero attached hydrogens (tertiary/aromatic N) is 3. The van der Waals surface area contributed by atoms with Crippen LogP contribution in [0.1, 0.15) is 37.6 Å². The zero-order valence-electron chi connectivity index (χ0n) is 13.3. The van der Waals surface area contributed by atoms with Crippen LogP contribution in [0.25, 0.3) is 0 Å². The van der Waals surface area contributed by atoms with E-state index in [-0.39, 0.29) is 5.54 Å². The van der Waals surface area contributed by atoms with E-state index < -0.39 is 0 Å². The van der Waals surface area contributed by atoms with Gasteiger partial charge in [0.15, 0.2) is 5.16 Å². The monoisotopic (exact) mass is 302 g/mol. The lowest BCUT2D eigenvalue weighted by Crippen LogP contribution is -2.35. The Morgan fingerprint density at radius 2 is 1.76 bits per heavy atom. The van der Waals surface area contributed by atoms with Crippen molar-refractivity contribution in [3.8, 4) is 0 Å². The molecule has 0 saturated heterocycles. The Morgan fingerprint density at radius 1 is 1.10 bits per heavy atom. The molecule has 1 N–H and O–H groups in total. The Hall–Kier alpha value is -1.46. The minimum Gasteiger partial charge on any atom is -0.308 e. The molecule has 0 unspecified atom stereocenters. The molecule has 2 rings (SSSR count). The van der Waals surface area contributed by atoms with Gasteiger partial charge >= 0.3 is 0 Å². The second kappa shape index (κ2) is 6.54. The first kappa shape index (κ1) is 15.9. The lowest BCUT2D eigenvalue weighted by molar-refractivity contribution is 0.423. The first-order valence-electron chi connectivity index (χ1n) is 7.01. The minimum atomic E-state index is 0.0937.